The SMILES string of the molecule is Cc1cc(S(=O)(=O)[O-])c(N)cc1Cl.Cc1cc(S(=O)(=O)[O-])c(N)cc1Cl.[Ca+2]. The molecule has 0 bridgehead atoms. The van der Waals surface area contributed by atoms with Crippen LogP contribution in [-0.4, -0.2) is 63.7 Å². The van der Waals surface area contributed by atoms with E-state index in [0.717, 1.165) is 0 Å². The first-order valence-corrected chi connectivity index (χ1v) is 10.2. The summed E-state index contributed by atoms with van der Waals surface area (Å²) in [7, 11) is -9.01. The molecular weight excluding hydrogens is 467 g/mol. The first-order chi connectivity index (χ1) is 11.6. The van der Waals surface area contributed by atoms with Crippen LogP contribution >= 0.6 is 23.2 Å². The molecule has 0 unspecified atom stereocenters. The fourth-order valence-electron chi connectivity index (χ4n) is 1.77. The monoisotopic (exact) mass is 480 g/mol. The van der Waals surface area contributed by atoms with Gasteiger partial charge in [0, 0.05) is 10.0 Å². The van der Waals surface area contributed by atoms with Crippen molar-refractivity contribution < 1.29 is 25.9 Å². The topological polar surface area (TPSA) is 166 Å². The summed E-state index contributed by atoms with van der Waals surface area (Å²) in [4.78, 5) is -0.844. The molecule has 4 N–H and O–H groups in total. The average molecular weight is 481 g/mol. The van der Waals surface area contributed by atoms with Gasteiger partial charge < -0.3 is 20.6 Å². The summed E-state index contributed by atoms with van der Waals surface area (Å²) in [6.45, 7) is 3.19. The predicted molar refractivity (Wildman–Crippen MR) is 103 cm³/mol. The normalized spacial score (nSPS) is 11.2. The zero-order chi connectivity index (χ0) is 20.4. The Bertz CT molecular complexity index is 974. The molecule has 2 aromatic carbocycles. The number of anilines is 2. The maximum Gasteiger partial charge on any atom is 2.00 e. The van der Waals surface area contributed by atoms with Gasteiger partial charge >= 0.3 is 37.7 Å². The molecule has 0 aliphatic carbocycles. The minimum atomic E-state index is -4.51. The molecule has 0 aromatic heterocycles. The molecule has 27 heavy (non-hydrogen) atoms. The van der Waals surface area contributed by atoms with E-state index in [1.165, 1.54) is 24.3 Å². The van der Waals surface area contributed by atoms with E-state index in [0.29, 0.717) is 21.2 Å². The van der Waals surface area contributed by atoms with Crippen molar-refractivity contribution in [1.82, 2.24) is 0 Å². The Balaban J connectivity index is 0.000000483. The zero-order valence-corrected chi connectivity index (χ0v) is 19.5. The van der Waals surface area contributed by atoms with Crippen molar-refractivity contribution in [1.29, 1.82) is 0 Å². The Kier molecular flexibility index (Phi) is 9.84. The summed E-state index contributed by atoms with van der Waals surface area (Å²) in [5, 5.41) is 0.676. The summed E-state index contributed by atoms with van der Waals surface area (Å²) >= 11 is 11.3. The molecule has 13 heteroatoms. The molecule has 0 amide bonds. The number of rotatable bonds is 2. The third-order valence-electron chi connectivity index (χ3n) is 3.12. The van der Waals surface area contributed by atoms with Crippen LogP contribution in [0.2, 0.25) is 10.0 Å². The van der Waals surface area contributed by atoms with Gasteiger partial charge in [0.15, 0.2) is 0 Å². The molecule has 0 fully saturated rings. The first-order valence-electron chi connectivity index (χ1n) is 6.67. The van der Waals surface area contributed by atoms with E-state index in [2.05, 4.69) is 0 Å². The minimum Gasteiger partial charge on any atom is -0.744 e. The van der Waals surface area contributed by atoms with Crippen LogP contribution in [0.3, 0.4) is 0 Å². The number of hydrogen-bond acceptors (Lipinski definition) is 8. The van der Waals surface area contributed by atoms with Crippen LogP contribution in [0, 0.1) is 13.8 Å². The summed E-state index contributed by atoms with van der Waals surface area (Å²) < 4.78 is 63.8. The Morgan fingerprint density at radius 1 is 0.741 bits per heavy atom. The van der Waals surface area contributed by atoms with Crippen LogP contribution in [-0.2, 0) is 20.2 Å². The Hall–Kier alpha value is -0.300. The van der Waals surface area contributed by atoms with E-state index < -0.39 is 30.0 Å². The van der Waals surface area contributed by atoms with E-state index in [1.54, 1.807) is 13.8 Å². The predicted octanol–water partition coefficient (Wildman–Crippen LogP) is 1.89. The van der Waals surface area contributed by atoms with Crippen LogP contribution in [0.25, 0.3) is 0 Å². The second-order valence-corrected chi connectivity index (χ2v) is 8.70. The Morgan fingerprint density at radius 3 is 1.22 bits per heavy atom. The van der Waals surface area contributed by atoms with Crippen LogP contribution in [0.4, 0.5) is 11.4 Å². The van der Waals surface area contributed by atoms with E-state index in [-0.39, 0.29) is 49.1 Å². The van der Waals surface area contributed by atoms with Gasteiger partial charge in [0.1, 0.15) is 20.2 Å². The summed E-state index contributed by atoms with van der Waals surface area (Å²) in [5.74, 6) is 0. The molecule has 0 saturated heterocycles. The van der Waals surface area contributed by atoms with Gasteiger partial charge in [0.25, 0.3) is 0 Å². The van der Waals surface area contributed by atoms with Gasteiger partial charge in [0.05, 0.1) is 21.2 Å². The molecule has 0 saturated carbocycles. The number of aryl methyl sites for hydroxylation is 2. The van der Waals surface area contributed by atoms with Crippen molar-refractivity contribution in [2.24, 2.45) is 0 Å². The second-order valence-electron chi connectivity index (χ2n) is 5.19. The van der Waals surface area contributed by atoms with E-state index in [9.17, 15) is 25.9 Å². The number of halogens is 2. The quantitative estimate of drug-likeness (QED) is 0.373. The number of nitrogen functional groups attached to an aromatic ring is 2. The Morgan fingerprint density at radius 2 is 1.00 bits per heavy atom. The van der Waals surface area contributed by atoms with Crippen molar-refractivity contribution in [2.45, 2.75) is 23.6 Å². The maximum atomic E-state index is 10.6. The summed E-state index contributed by atoms with van der Waals surface area (Å²) in [5.41, 5.74) is 11.4. The molecule has 0 heterocycles. The third-order valence-corrected chi connectivity index (χ3v) is 5.72. The smallest absolute Gasteiger partial charge is 0.744 e. The van der Waals surface area contributed by atoms with Gasteiger partial charge in [-0.05, 0) is 49.2 Å². The van der Waals surface area contributed by atoms with Crippen molar-refractivity contribution in [2.75, 3.05) is 11.5 Å². The largest absolute Gasteiger partial charge is 2.00 e. The minimum absolute atomic E-state index is 0. The van der Waals surface area contributed by atoms with Crippen molar-refractivity contribution in [3.8, 4) is 0 Å². The number of nitrogens with two attached hydrogens (primary N) is 2. The van der Waals surface area contributed by atoms with Crippen molar-refractivity contribution in [3.05, 3.63) is 45.4 Å². The molecule has 0 radical (unpaired) electrons. The van der Waals surface area contributed by atoms with Gasteiger partial charge in [-0.2, -0.15) is 0 Å². The summed E-state index contributed by atoms with van der Waals surface area (Å²) in [6, 6.07) is 4.84. The second kappa shape index (κ2) is 9.95. The Labute approximate surface area is 197 Å². The number of benzene rings is 2. The molecule has 0 aliphatic heterocycles. The maximum absolute atomic E-state index is 10.6. The third kappa shape index (κ3) is 7.56. The van der Waals surface area contributed by atoms with Crippen LogP contribution in [0.1, 0.15) is 11.1 Å². The van der Waals surface area contributed by atoms with Gasteiger partial charge in [0.2, 0.25) is 0 Å². The van der Waals surface area contributed by atoms with Gasteiger partial charge in [-0.15, -0.1) is 0 Å². The molecule has 0 spiro atoms. The van der Waals surface area contributed by atoms with E-state index in [1.807, 2.05) is 0 Å². The first kappa shape index (κ1) is 26.7. The number of hydrogen-bond donors (Lipinski definition) is 2. The standard InChI is InChI=1S/2C7H8ClNO3S.Ca/c2*1-4-2-7(13(10,11)12)6(9)3-5(4)8;/h2*2-3H,9H2,1H3,(H,10,11,12);/q;;+2/p-2. The van der Waals surface area contributed by atoms with Crippen LogP contribution in [0.15, 0.2) is 34.1 Å². The molecule has 144 valence electrons. The average Bonchev–Trinajstić information content (AvgIpc) is 2.45. The van der Waals surface area contributed by atoms with Gasteiger partial charge in [-0.25, -0.2) is 16.8 Å². The zero-order valence-electron chi connectivity index (χ0n) is 14.2. The fraction of sp³-hybridized carbons (Fsp3) is 0.143. The van der Waals surface area contributed by atoms with Gasteiger partial charge in [-0.3, -0.25) is 0 Å². The van der Waals surface area contributed by atoms with Gasteiger partial charge in [-0.1, -0.05) is 23.2 Å². The fourth-order valence-corrected chi connectivity index (χ4v) is 3.46. The molecule has 2 aromatic rings. The molecular formula is C14H14CaCl2N2O6S2. The van der Waals surface area contributed by atoms with Crippen LogP contribution < -0.4 is 11.5 Å². The van der Waals surface area contributed by atoms with Crippen molar-refractivity contribution >= 4 is 92.6 Å². The molecule has 0 aliphatic rings. The van der Waals surface area contributed by atoms with Crippen LogP contribution in [0.5, 0.6) is 0 Å². The molecule has 2 rings (SSSR count). The van der Waals surface area contributed by atoms with Crippen molar-refractivity contribution in [3.63, 3.8) is 0 Å². The van der Waals surface area contributed by atoms with E-state index in [4.69, 9.17) is 34.7 Å². The summed E-state index contributed by atoms with van der Waals surface area (Å²) in [6.07, 6.45) is 0. The molecule has 8 nitrogen and oxygen atoms in total. The van der Waals surface area contributed by atoms with E-state index >= 15 is 0 Å². The molecule has 0 atom stereocenters.